The second-order valence-corrected chi connectivity index (χ2v) is 8.68. The van der Waals surface area contributed by atoms with E-state index in [9.17, 15) is 14.0 Å². The van der Waals surface area contributed by atoms with Gasteiger partial charge >= 0.3 is 6.09 Å². The summed E-state index contributed by atoms with van der Waals surface area (Å²) in [6, 6.07) is 4.56. The zero-order chi connectivity index (χ0) is 19.1. The highest BCUT2D eigenvalue weighted by molar-refractivity contribution is 5.98. The quantitative estimate of drug-likeness (QED) is 0.705. The lowest BCUT2D eigenvalue weighted by Crippen LogP contribution is -2.56. The van der Waals surface area contributed by atoms with Gasteiger partial charge in [0.25, 0.3) is 0 Å². The zero-order valence-corrected chi connectivity index (χ0v) is 16.0. The predicted octanol–water partition coefficient (Wildman–Crippen LogP) is 4.89. The van der Waals surface area contributed by atoms with Gasteiger partial charge in [0.15, 0.2) is 5.78 Å². The predicted molar refractivity (Wildman–Crippen MR) is 97.7 cm³/mol. The maximum Gasteiger partial charge on any atom is 0.410 e. The number of amides is 1. The van der Waals surface area contributed by atoms with Crippen LogP contribution in [-0.2, 0) is 4.74 Å². The van der Waals surface area contributed by atoms with Crippen molar-refractivity contribution < 1.29 is 18.7 Å². The number of hydrogen-bond acceptors (Lipinski definition) is 3. The van der Waals surface area contributed by atoms with Gasteiger partial charge < -0.3 is 9.64 Å². The summed E-state index contributed by atoms with van der Waals surface area (Å²) in [6.07, 6.45) is 3.83. The smallest absolute Gasteiger partial charge is 0.410 e. The standard InChI is InChI=1S/C21H28FNO3/c1-13-8-14(10-16(22)9-13)19(24)15-11-17-6-5-7-18(12-15)23(17)20(25)26-21(2,3)4/h8-10,15,17-18H,5-7,11-12H2,1-4H3. The third-order valence-electron chi connectivity index (χ3n) is 5.28. The molecular weight excluding hydrogens is 333 g/mol. The van der Waals surface area contributed by atoms with Crippen LogP contribution in [0.5, 0.6) is 0 Å². The van der Waals surface area contributed by atoms with Crippen LogP contribution >= 0.6 is 0 Å². The first-order valence-corrected chi connectivity index (χ1v) is 9.47. The molecule has 1 amide bonds. The normalized spacial score (nSPS) is 25.7. The molecule has 5 heteroatoms. The van der Waals surface area contributed by atoms with Gasteiger partial charge in [0.2, 0.25) is 0 Å². The summed E-state index contributed by atoms with van der Waals surface area (Å²) in [6.45, 7) is 7.38. The molecule has 0 N–H and O–H groups in total. The van der Waals surface area contributed by atoms with Crippen molar-refractivity contribution in [1.82, 2.24) is 4.90 Å². The number of rotatable bonds is 2. The van der Waals surface area contributed by atoms with Crippen LogP contribution in [0.15, 0.2) is 18.2 Å². The van der Waals surface area contributed by atoms with Gasteiger partial charge in [0.1, 0.15) is 11.4 Å². The molecule has 0 aliphatic carbocycles. The molecule has 2 aliphatic rings. The van der Waals surface area contributed by atoms with E-state index in [-0.39, 0.29) is 35.7 Å². The topological polar surface area (TPSA) is 46.6 Å². The molecule has 0 saturated carbocycles. The fourth-order valence-electron chi connectivity index (χ4n) is 4.32. The molecular formula is C21H28FNO3. The monoisotopic (exact) mass is 361 g/mol. The molecule has 0 spiro atoms. The number of nitrogens with zero attached hydrogens (tertiary/aromatic N) is 1. The van der Waals surface area contributed by atoms with Gasteiger partial charge in [0.05, 0.1) is 0 Å². The first-order valence-electron chi connectivity index (χ1n) is 9.47. The van der Waals surface area contributed by atoms with Gasteiger partial charge in [-0.05, 0) is 83.6 Å². The summed E-state index contributed by atoms with van der Waals surface area (Å²) in [7, 11) is 0. The number of halogens is 1. The van der Waals surface area contributed by atoms with E-state index in [0.29, 0.717) is 18.4 Å². The van der Waals surface area contributed by atoms with Gasteiger partial charge in [0, 0.05) is 23.6 Å². The van der Waals surface area contributed by atoms with Crippen LogP contribution in [-0.4, -0.2) is 34.5 Å². The van der Waals surface area contributed by atoms with Gasteiger partial charge in [-0.15, -0.1) is 0 Å². The number of ketones is 1. The summed E-state index contributed by atoms with van der Waals surface area (Å²) in [5, 5.41) is 0. The molecule has 0 aromatic heterocycles. The van der Waals surface area contributed by atoms with Crippen LogP contribution in [0.4, 0.5) is 9.18 Å². The Morgan fingerprint density at radius 2 is 1.73 bits per heavy atom. The molecule has 2 saturated heterocycles. The van der Waals surface area contributed by atoms with Crippen molar-refractivity contribution in [2.45, 2.75) is 77.5 Å². The second kappa shape index (κ2) is 7.01. The van der Waals surface area contributed by atoms with E-state index in [2.05, 4.69) is 0 Å². The molecule has 2 aliphatic heterocycles. The maximum atomic E-state index is 13.7. The minimum absolute atomic E-state index is 0.00617. The Labute approximate surface area is 154 Å². The fourth-order valence-corrected chi connectivity index (χ4v) is 4.32. The number of benzene rings is 1. The molecule has 0 radical (unpaired) electrons. The van der Waals surface area contributed by atoms with Crippen LogP contribution in [0.3, 0.4) is 0 Å². The summed E-state index contributed by atoms with van der Waals surface area (Å²) < 4.78 is 19.3. The van der Waals surface area contributed by atoms with E-state index < -0.39 is 5.60 Å². The summed E-state index contributed by atoms with van der Waals surface area (Å²) in [4.78, 5) is 27.4. The molecule has 26 heavy (non-hydrogen) atoms. The second-order valence-electron chi connectivity index (χ2n) is 8.68. The number of ether oxygens (including phenoxy) is 1. The largest absolute Gasteiger partial charge is 0.444 e. The highest BCUT2D eigenvalue weighted by Crippen LogP contribution is 2.39. The van der Waals surface area contributed by atoms with Crippen molar-refractivity contribution >= 4 is 11.9 Å². The van der Waals surface area contributed by atoms with Crippen molar-refractivity contribution in [3.63, 3.8) is 0 Å². The Bertz CT molecular complexity index is 675. The maximum absolute atomic E-state index is 13.7. The van der Waals surface area contributed by atoms with E-state index >= 15 is 0 Å². The lowest BCUT2D eigenvalue weighted by atomic mass is 9.75. The molecule has 4 nitrogen and oxygen atoms in total. The van der Waals surface area contributed by atoms with Gasteiger partial charge in [-0.1, -0.05) is 0 Å². The van der Waals surface area contributed by atoms with Gasteiger partial charge in [-0.25, -0.2) is 9.18 Å². The van der Waals surface area contributed by atoms with Gasteiger partial charge in [-0.2, -0.15) is 0 Å². The fraction of sp³-hybridized carbons (Fsp3) is 0.619. The van der Waals surface area contributed by atoms with Crippen molar-refractivity contribution in [1.29, 1.82) is 0 Å². The highest BCUT2D eigenvalue weighted by atomic mass is 19.1. The number of fused-ring (bicyclic) bond motifs is 2. The molecule has 1 aromatic carbocycles. The number of aryl methyl sites for hydroxylation is 1. The first-order chi connectivity index (χ1) is 12.1. The number of hydrogen-bond donors (Lipinski definition) is 0. The Morgan fingerprint density at radius 1 is 1.12 bits per heavy atom. The lowest BCUT2D eigenvalue weighted by Gasteiger charge is -2.48. The third kappa shape index (κ3) is 4.08. The van der Waals surface area contributed by atoms with E-state index in [1.54, 1.807) is 13.0 Å². The van der Waals surface area contributed by atoms with Crippen LogP contribution in [0.25, 0.3) is 0 Å². The third-order valence-corrected chi connectivity index (χ3v) is 5.28. The summed E-state index contributed by atoms with van der Waals surface area (Å²) >= 11 is 0. The number of piperidine rings is 2. The minimum atomic E-state index is -0.531. The summed E-state index contributed by atoms with van der Waals surface area (Å²) in [5.74, 6) is -0.543. The number of carbonyl (C=O) groups excluding carboxylic acids is 2. The van der Waals surface area contributed by atoms with Gasteiger partial charge in [-0.3, -0.25) is 4.79 Å². The van der Waals surface area contributed by atoms with Crippen LogP contribution in [0.1, 0.15) is 68.8 Å². The molecule has 2 unspecified atom stereocenters. The Morgan fingerprint density at radius 3 is 2.27 bits per heavy atom. The molecule has 2 bridgehead atoms. The zero-order valence-electron chi connectivity index (χ0n) is 16.0. The van der Waals surface area contributed by atoms with Crippen LogP contribution in [0, 0.1) is 18.7 Å². The average molecular weight is 361 g/mol. The molecule has 3 rings (SSSR count). The molecule has 142 valence electrons. The van der Waals surface area contributed by atoms with Crippen molar-refractivity contribution in [2.75, 3.05) is 0 Å². The van der Waals surface area contributed by atoms with Crippen LogP contribution in [0.2, 0.25) is 0 Å². The van der Waals surface area contributed by atoms with E-state index in [4.69, 9.17) is 4.74 Å². The van der Waals surface area contributed by atoms with E-state index in [1.165, 1.54) is 12.1 Å². The average Bonchev–Trinajstić information content (AvgIpc) is 2.50. The van der Waals surface area contributed by atoms with Crippen molar-refractivity contribution in [3.8, 4) is 0 Å². The summed E-state index contributed by atoms with van der Waals surface area (Å²) in [5.41, 5.74) is 0.660. The SMILES string of the molecule is Cc1cc(F)cc(C(=O)C2CC3CCCC(C2)N3C(=O)OC(C)(C)C)c1. The molecule has 1 aromatic rings. The Balaban J connectivity index is 1.77. The first kappa shape index (κ1) is 18.9. The number of Topliss-reactive ketones (excluding diaryl/α,β-unsaturated/α-hetero) is 1. The molecule has 2 atom stereocenters. The van der Waals surface area contributed by atoms with Crippen LogP contribution < -0.4 is 0 Å². The van der Waals surface area contributed by atoms with Crippen molar-refractivity contribution in [3.05, 3.63) is 35.1 Å². The van der Waals surface area contributed by atoms with E-state index in [1.807, 2.05) is 25.7 Å². The van der Waals surface area contributed by atoms with E-state index in [0.717, 1.165) is 24.8 Å². The highest BCUT2D eigenvalue weighted by Gasteiger charge is 2.44. The lowest BCUT2D eigenvalue weighted by molar-refractivity contribution is -0.0260. The van der Waals surface area contributed by atoms with Crippen molar-refractivity contribution in [2.24, 2.45) is 5.92 Å². The Kier molecular flexibility index (Phi) is 5.09. The molecule has 2 fully saturated rings. The molecule has 2 heterocycles. The minimum Gasteiger partial charge on any atom is -0.444 e. The number of carbonyl (C=O) groups is 2. The Hall–Kier alpha value is -1.91.